The molecule has 0 N–H and O–H groups in total. The summed E-state index contributed by atoms with van der Waals surface area (Å²) < 4.78 is 22.8. The van der Waals surface area contributed by atoms with E-state index in [1.807, 2.05) is 51.1 Å². The van der Waals surface area contributed by atoms with Crippen LogP contribution in [0.3, 0.4) is 0 Å². The largest absolute Gasteiger partial charge is 0.528 e. The van der Waals surface area contributed by atoms with Gasteiger partial charge in [0.25, 0.3) is 0 Å². The van der Waals surface area contributed by atoms with Crippen LogP contribution in [0.5, 0.6) is 11.5 Å². The van der Waals surface area contributed by atoms with Crippen LogP contribution in [0.4, 0.5) is 4.79 Å². The third-order valence-electron chi connectivity index (χ3n) is 6.23. The zero-order chi connectivity index (χ0) is 25.7. The molecule has 0 saturated carbocycles. The Bertz CT molecular complexity index is 1190. The highest BCUT2D eigenvalue weighted by atomic mass is 16.8. The third kappa shape index (κ3) is 6.47. The quantitative estimate of drug-likeness (QED) is 0.369. The van der Waals surface area contributed by atoms with Crippen LogP contribution in [0.2, 0.25) is 0 Å². The molecule has 0 aliphatic carbocycles. The lowest BCUT2D eigenvalue weighted by atomic mass is 9.87. The van der Waals surface area contributed by atoms with Gasteiger partial charge in [0, 0.05) is 12.5 Å². The number of nitrogens with zero attached hydrogens (tertiary/aromatic N) is 1. The fourth-order valence-corrected chi connectivity index (χ4v) is 4.51. The smallest absolute Gasteiger partial charge is 0.493 e. The molecule has 2 atom stereocenters. The first-order valence-corrected chi connectivity index (χ1v) is 12.2. The number of piperidine rings is 1. The summed E-state index contributed by atoms with van der Waals surface area (Å²) in [5, 5.41) is 4.00. The molecular weight excluding hydrogens is 458 g/mol. The number of hydrogen-bond acceptors (Lipinski definition) is 7. The van der Waals surface area contributed by atoms with Gasteiger partial charge in [-0.1, -0.05) is 42.5 Å². The fourth-order valence-electron chi connectivity index (χ4n) is 4.51. The van der Waals surface area contributed by atoms with E-state index in [0.29, 0.717) is 31.2 Å². The number of hydroxylamine groups is 2. The van der Waals surface area contributed by atoms with Gasteiger partial charge < -0.3 is 23.8 Å². The maximum absolute atomic E-state index is 12.3. The minimum atomic E-state index is -0.708. The van der Waals surface area contributed by atoms with Gasteiger partial charge in [0.05, 0.1) is 33.5 Å². The Morgan fingerprint density at radius 3 is 2.42 bits per heavy atom. The minimum absolute atomic E-state index is 0.0868. The van der Waals surface area contributed by atoms with Gasteiger partial charge in [0.15, 0.2) is 11.5 Å². The van der Waals surface area contributed by atoms with Crippen LogP contribution in [-0.4, -0.2) is 50.2 Å². The molecule has 1 heterocycles. The van der Waals surface area contributed by atoms with Gasteiger partial charge in [-0.15, -0.1) is 5.06 Å². The Morgan fingerprint density at radius 2 is 1.69 bits per heavy atom. The van der Waals surface area contributed by atoms with Gasteiger partial charge in [-0.05, 0) is 67.3 Å². The number of hydrogen-bond donors (Lipinski definition) is 0. The average Bonchev–Trinajstić information content (AvgIpc) is 2.86. The van der Waals surface area contributed by atoms with Crippen molar-refractivity contribution in [2.45, 2.75) is 51.4 Å². The van der Waals surface area contributed by atoms with Crippen molar-refractivity contribution >= 4 is 16.9 Å². The third-order valence-corrected chi connectivity index (χ3v) is 6.23. The molecule has 1 aliphatic rings. The van der Waals surface area contributed by atoms with Crippen LogP contribution in [0.25, 0.3) is 10.8 Å². The highest BCUT2D eigenvalue weighted by Crippen LogP contribution is 2.36. The van der Waals surface area contributed by atoms with Crippen molar-refractivity contribution in [2.75, 3.05) is 27.3 Å². The van der Waals surface area contributed by atoms with Gasteiger partial charge in [-0.2, -0.15) is 0 Å². The summed E-state index contributed by atoms with van der Waals surface area (Å²) in [6.07, 6.45) is -0.188. The normalized spacial score (nSPS) is 18.6. The minimum Gasteiger partial charge on any atom is -0.493 e. The molecule has 0 spiro atoms. The summed E-state index contributed by atoms with van der Waals surface area (Å²) in [7, 11) is 3.26. The van der Waals surface area contributed by atoms with E-state index >= 15 is 0 Å². The van der Waals surface area contributed by atoms with Gasteiger partial charge >= 0.3 is 6.16 Å². The lowest BCUT2D eigenvalue weighted by Gasteiger charge is -2.37. The second-order valence-corrected chi connectivity index (χ2v) is 9.98. The molecule has 7 nitrogen and oxygen atoms in total. The van der Waals surface area contributed by atoms with Crippen LogP contribution in [0.1, 0.15) is 44.2 Å². The molecule has 0 radical (unpaired) electrons. The van der Waals surface area contributed by atoms with E-state index in [1.165, 1.54) is 10.8 Å². The van der Waals surface area contributed by atoms with Crippen molar-refractivity contribution < 1.29 is 28.6 Å². The number of ether oxygens (including phenoxy) is 4. The van der Waals surface area contributed by atoms with Crippen molar-refractivity contribution in [3.8, 4) is 11.5 Å². The summed E-state index contributed by atoms with van der Waals surface area (Å²) in [4.78, 5) is 17.8. The predicted octanol–water partition coefficient (Wildman–Crippen LogP) is 6.10. The second-order valence-electron chi connectivity index (χ2n) is 9.98. The van der Waals surface area contributed by atoms with Crippen LogP contribution in [0.15, 0.2) is 60.7 Å². The fraction of sp³-hybridized carbons (Fsp3) is 0.414. The van der Waals surface area contributed by atoms with Crippen molar-refractivity contribution in [2.24, 2.45) is 0 Å². The molecule has 0 aromatic heterocycles. The first-order valence-electron chi connectivity index (χ1n) is 12.2. The highest BCUT2D eigenvalue weighted by Gasteiger charge is 2.34. The molecule has 1 saturated heterocycles. The summed E-state index contributed by atoms with van der Waals surface area (Å²) in [5.41, 5.74) is 1.55. The number of fused-ring (bicyclic) bond motifs is 1. The Labute approximate surface area is 212 Å². The molecule has 192 valence electrons. The predicted molar refractivity (Wildman–Crippen MR) is 138 cm³/mol. The molecule has 36 heavy (non-hydrogen) atoms. The molecule has 1 aliphatic heterocycles. The van der Waals surface area contributed by atoms with E-state index in [4.69, 9.17) is 23.8 Å². The summed E-state index contributed by atoms with van der Waals surface area (Å²) in [6, 6.07) is 20.6. The van der Waals surface area contributed by atoms with Crippen LogP contribution < -0.4 is 9.47 Å². The first kappa shape index (κ1) is 25.8. The zero-order valence-corrected chi connectivity index (χ0v) is 21.7. The maximum Gasteiger partial charge on any atom is 0.528 e. The SMILES string of the molecule is COc1ccc(C2CCN(OC(=O)OC(C)(C)C)CC2OCc2ccc3ccccc3c2)cc1OC. The zero-order valence-electron chi connectivity index (χ0n) is 21.7. The van der Waals surface area contributed by atoms with E-state index in [2.05, 4.69) is 30.3 Å². The summed E-state index contributed by atoms with van der Waals surface area (Å²) in [5.74, 6) is 1.44. The van der Waals surface area contributed by atoms with Crippen molar-refractivity contribution in [1.29, 1.82) is 0 Å². The lowest BCUT2D eigenvalue weighted by molar-refractivity contribution is -0.179. The van der Waals surface area contributed by atoms with E-state index in [-0.39, 0.29) is 12.0 Å². The van der Waals surface area contributed by atoms with Gasteiger partial charge in [-0.25, -0.2) is 4.79 Å². The molecule has 0 bridgehead atoms. The molecule has 2 unspecified atom stereocenters. The molecule has 3 aromatic carbocycles. The Hall–Kier alpha value is -3.29. The van der Waals surface area contributed by atoms with Crippen molar-refractivity contribution in [3.05, 3.63) is 71.8 Å². The summed E-state index contributed by atoms with van der Waals surface area (Å²) in [6.45, 7) is 6.87. The number of methoxy groups -OCH3 is 2. The number of benzene rings is 3. The van der Waals surface area contributed by atoms with Gasteiger partial charge in [-0.3, -0.25) is 0 Å². The van der Waals surface area contributed by atoms with Crippen molar-refractivity contribution in [1.82, 2.24) is 5.06 Å². The number of carbonyl (C=O) groups excluding carboxylic acids is 1. The molecule has 1 fully saturated rings. The highest BCUT2D eigenvalue weighted by molar-refractivity contribution is 5.82. The van der Waals surface area contributed by atoms with Crippen LogP contribution in [0, 0.1) is 0 Å². The molecule has 0 amide bonds. The first-order chi connectivity index (χ1) is 17.3. The summed E-state index contributed by atoms with van der Waals surface area (Å²) >= 11 is 0. The maximum atomic E-state index is 12.3. The lowest BCUT2D eigenvalue weighted by Crippen LogP contribution is -2.45. The van der Waals surface area contributed by atoms with Gasteiger partial charge in [0.1, 0.15) is 5.60 Å². The van der Waals surface area contributed by atoms with E-state index in [0.717, 1.165) is 17.5 Å². The van der Waals surface area contributed by atoms with E-state index in [1.54, 1.807) is 19.3 Å². The standard InChI is InChI=1S/C29H35NO6/c1-29(2,3)35-28(31)36-30-15-14-24(23-12-13-25(32-4)26(17-23)33-5)27(18-30)34-19-20-10-11-21-8-6-7-9-22(21)16-20/h6-13,16-17,24,27H,14-15,18-19H2,1-5H3. The van der Waals surface area contributed by atoms with Crippen LogP contribution in [-0.2, 0) is 20.9 Å². The Kier molecular flexibility index (Phi) is 8.01. The monoisotopic (exact) mass is 493 g/mol. The molecule has 7 heteroatoms. The van der Waals surface area contributed by atoms with E-state index in [9.17, 15) is 4.79 Å². The Balaban J connectivity index is 1.53. The molecule has 3 aromatic rings. The average molecular weight is 494 g/mol. The van der Waals surface area contributed by atoms with Gasteiger partial charge in [0.2, 0.25) is 0 Å². The number of carbonyl (C=O) groups is 1. The van der Waals surface area contributed by atoms with E-state index < -0.39 is 11.8 Å². The molecular formula is C29H35NO6. The Morgan fingerprint density at radius 1 is 0.944 bits per heavy atom. The topological polar surface area (TPSA) is 66.5 Å². The second kappa shape index (κ2) is 11.2. The molecule has 4 rings (SSSR count). The van der Waals surface area contributed by atoms with Crippen LogP contribution >= 0.6 is 0 Å². The number of rotatable bonds is 7. The van der Waals surface area contributed by atoms with Crippen molar-refractivity contribution in [3.63, 3.8) is 0 Å².